The van der Waals surface area contributed by atoms with Crippen molar-refractivity contribution in [1.82, 2.24) is 0 Å². The molecule has 6 N–H and O–H groups in total. The van der Waals surface area contributed by atoms with Gasteiger partial charge in [0.05, 0.1) is 0 Å². The van der Waals surface area contributed by atoms with Gasteiger partial charge in [-0.25, -0.2) is 0 Å². The Morgan fingerprint density at radius 2 is 1.00 bits per heavy atom. The molecule has 0 aliphatic rings. The first-order valence-electron chi connectivity index (χ1n) is 2.59. The molecule has 0 rings (SSSR count). The Bertz CT molecular complexity index is 79.9. The van der Waals surface area contributed by atoms with Crippen LogP contribution in [0, 0.1) is 0 Å². The number of rotatable bonds is 0. The largest absolute Gasteiger partial charge is 0.251 e. The van der Waals surface area contributed by atoms with E-state index in [0.717, 1.165) is 19.6 Å². The van der Waals surface area contributed by atoms with Crippen LogP contribution in [0.4, 0.5) is 8.22 Å². The number of hydrogen-bond acceptors (Lipinski definition) is 3. The number of hydrogen-bond donors (Lipinski definition) is 3. The predicted octanol–water partition coefficient (Wildman–Crippen LogP) is 0.437. The van der Waals surface area contributed by atoms with E-state index in [0.29, 0.717) is 0 Å². The van der Waals surface area contributed by atoms with Crippen LogP contribution < -0.4 is 15.4 Å². The van der Waals surface area contributed by atoms with Crippen molar-refractivity contribution in [1.29, 1.82) is 0 Å². The average Bonchev–Trinajstić information content (AvgIpc) is 1.14. The van der Waals surface area contributed by atoms with Crippen LogP contribution >= 0.6 is 0 Å². The fraction of sp³-hybridized carbons (Fsp3) is 1.00. The molecule has 0 aromatic carbocycles. The summed E-state index contributed by atoms with van der Waals surface area (Å²) in [5.74, 6) is 0. The van der Waals surface area contributed by atoms with E-state index in [2.05, 4.69) is 0 Å². The van der Waals surface area contributed by atoms with Crippen molar-refractivity contribution in [3.8, 4) is 0 Å². The summed E-state index contributed by atoms with van der Waals surface area (Å²) in [4.78, 5) is 0. The third-order valence-corrected chi connectivity index (χ3v) is 0. The molecule has 7 heteroatoms. The first-order valence-corrected chi connectivity index (χ1v) is 7.76. The molecule has 0 heterocycles. The van der Waals surface area contributed by atoms with E-state index in [9.17, 15) is 8.22 Å². The van der Waals surface area contributed by atoms with Gasteiger partial charge in [0.15, 0.2) is 0 Å². The number of nitrogens with two attached hydrogens (primary N) is 3. The third-order valence-electron chi connectivity index (χ3n) is 0. The molecule has 66 valence electrons. The van der Waals surface area contributed by atoms with E-state index in [1.165, 1.54) is 0 Å². The minimum Gasteiger partial charge on any atom is -0.114 e. The molecule has 0 aliphatic heterocycles. The Labute approximate surface area is 63.5 Å². The second-order valence-corrected chi connectivity index (χ2v) is 9.34. The van der Waals surface area contributed by atoms with Gasteiger partial charge < -0.3 is 0 Å². The molecular formula is C3H15F2N3SSi. The van der Waals surface area contributed by atoms with Crippen molar-refractivity contribution in [2.24, 2.45) is 15.4 Å². The SMILES string of the molecule is C[Si-](C)(C)(F)F.N[S+](N)N. The summed E-state index contributed by atoms with van der Waals surface area (Å²) >= 11 is -0.861. The quantitative estimate of drug-likeness (QED) is 0.295. The molecule has 0 bridgehead atoms. The van der Waals surface area contributed by atoms with Crippen LogP contribution in [-0.2, 0) is 11.5 Å². The molecule has 0 atom stereocenters. The number of halogens is 2. The van der Waals surface area contributed by atoms with E-state index in [4.69, 9.17) is 15.4 Å². The van der Waals surface area contributed by atoms with Gasteiger partial charge in [-0.1, -0.05) is 0 Å². The molecule has 0 amide bonds. The van der Waals surface area contributed by atoms with E-state index in [-0.39, 0.29) is 0 Å². The van der Waals surface area contributed by atoms with Crippen LogP contribution in [0.3, 0.4) is 0 Å². The van der Waals surface area contributed by atoms with Crippen molar-refractivity contribution in [3.63, 3.8) is 0 Å². The molecule has 0 radical (unpaired) electrons. The summed E-state index contributed by atoms with van der Waals surface area (Å²) in [6, 6.07) is 0. The zero-order chi connectivity index (χ0) is 9.02. The maximum atomic E-state index is 11.9. The third kappa shape index (κ3) is 4710. The minimum atomic E-state index is -4.25. The van der Waals surface area contributed by atoms with Crippen molar-refractivity contribution in [3.05, 3.63) is 0 Å². The summed E-state index contributed by atoms with van der Waals surface area (Å²) in [6.45, 7) is 3.08. The van der Waals surface area contributed by atoms with Gasteiger partial charge in [-0.05, 0) is 0 Å². The fourth-order valence-corrected chi connectivity index (χ4v) is 0. The van der Waals surface area contributed by atoms with Gasteiger partial charge in [0.1, 0.15) is 0 Å². The molecule has 0 aliphatic carbocycles. The van der Waals surface area contributed by atoms with Crippen LogP contribution in [0.1, 0.15) is 0 Å². The summed E-state index contributed by atoms with van der Waals surface area (Å²) in [6.07, 6.45) is 0. The predicted molar refractivity (Wildman–Crippen MR) is 45.5 cm³/mol. The maximum Gasteiger partial charge on any atom is 0.251 e. The Morgan fingerprint density at radius 1 is 1.00 bits per heavy atom. The molecule has 0 saturated heterocycles. The van der Waals surface area contributed by atoms with Gasteiger partial charge in [0.2, 0.25) is 0 Å². The molecule has 0 aromatic heterocycles. The Hall–Kier alpha value is 0.307. The van der Waals surface area contributed by atoms with Gasteiger partial charge in [-0.3, -0.25) is 0 Å². The van der Waals surface area contributed by atoms with Gasteiger partial charge in [0.25, 0.3) is 11.5 Å². The van der Waals surface area contributed by atoms with Gasteiger partial charge >= 0.3 is 35.9 Å². The van der Waals surface area contributed by atoms with Crippen molar-refractivity contribution in [2.45, 2.75) is 19.6 Å². The van der Waals surface area contributed by atoms with Gasteiger partial charge in [-0.15, -0.1) is 15.4 Å². The van der Waals surface area contributed by atoms with Gasteiger partial charge in [-0.2, -0.15) is 0 Å². The normalized spacial score (nSPS) is 15.1. The van der Waals surface area contributed by atoms with E-state index < -0.39 is 19.5 Å². The molecule has 0 aromatic rings. The minimum absolute atomic E-state index is 0.861. The van der Waals surface area contributed by atoms with Crippen molar-refractivity contribution >= 4 is 19.5 Å². The van der Waals surface area contributed by atoms with E-state index >= 15 is 0 Å². The first kappa shape index (κ1) is 12.9. The van der Waals surface area contributed by atoms with Crippen LogP contribution in [0.2, 0.25) is 19.6 Å². The topological polar surface area (TPSA) is 78.1 Å². The molecule has 10 heavy (non-hydrogen) atoms. The zero-order valence-electron chi connectivity index (χ0n) is 6.40. The molecule has 0 saturated carbocycles. The van der Waals surface area contributed by atoms with E-state index in [1.807, 2.05) is 0 Å². The second-order valence-electron chi connectivity index (χ2n) is 3.11. The van der Waals surface area contributed by atoms with Gasteiger partial charge in [0, 0.05) is 0 Å². The maximum absolute atomic E-state index is 11.9. The Balaban J connectivity index is 0. The summed E-state index contributed by atoms with van der Waals surface area (Å²) < 4.78 is 23.7. The molecule has 0 unspecified atom stereocenters. The Kier molecular flexibility index (Phi) is 4.69. The smallest absolute Gasteiger partial charge is 0.114 e. The first-order chi connectivity index (χ1) is 3.97. The molecule has 0 spiro atoms. The summed E-state index contributed by atoms with van der Waals surface area (Å²) in [5.41, 5.74) is 0. The van der Waals surface area contributed by atoms with Crippen LogP contribution in [-0.4, -0.2) is 8.02 Å². The monoisotopic (exact) mass is 191 g/mol. The summed E-state index contributed by atoms with van der Waals surface area (Å²) in [7, 11) is -4.25. The zero-order valence-corrected chi connectivity index (χ0v) is 8.21. The fourth-order valence-electron chi connectivity index (χ4n) is 0. The van der Waals surface area contributed by atoms with E-state index in [1.54, 1.807) is 0 Å². The standard InChI is InChI=1S/C3H9F2Si.H6N3S/c1-6(2,3,4)5;1-4(2)3/h1-3H3;1-3H2/q-1;+1. The molecule has 0 fully saturated rings. The molecule has 3 nitrogen and oxygen atoms in total. The Morgan fingerprint density at radius 3 is 1.00 bits per heavy atom. The van der Waals surface area contributed by atoms with Crippen LogP contribution in [0.25, 0.3) is 0 Å². The second kappa shape index (κ2) is 3.63. The average molecular weight is 191 g/mol. The van der Waals surface area contributed by atoms with Crippen molar-refractivity contribution < 1.29 is 8.22 Å². The van der Waals surface area contributed by atoms with Crippen LogP contribution in [0.5, 0.6) is 0 Å². The van der Waals surface area contributed by atoms with Crippen LogP contribution in [0.15, 0.2) is 0 Å². The van der Waals surface area contributed by atoms with Crippen molar-refractivity contribution in [2.75, 3.05) is 0 Å². The molecular weight excluding hydrogens is 176 g/mol. The summed E-state index contributed by atoms with van der Waals surface area (Å²) in [5, 5.41) is 14.1.